The molecule has 12 heteroatoms. The van der Waals surface area contributed by atoms with Crippen LogP contribution in [0.4, 0.5) is 5.69 Å². The Morgan fingerprint density at radius 2 is 1.90 bits per heavy atom. The van der Waals surface area contributed by atoms with Crippen molar-refractivity contribution in [1.82, 2.24) is 9.66 Å². The maximum Gasteiger partial charge on any atom is 0.344 e. The number of methoxy groups -OCH3 is 1. The highest BCUT2D eigenvalue weighted by Gasteiger charge is 2.25. The van der Waals surface area contributed by atoms with E-state index in [0.717, 1.165) is 21.9 Å². The van der Waals surface area contributed by atoms with Gasteiger partial charge in [-0.2, -0.15) is 9.78 Å². The topological polar surface area (TPSA) is 146 Å². The minimum atomic E-state index is -1.38. The molecule has 0 unspecified atom stereocenters. The van der Waals surface area contributed by atoms with Crippen LogP contribution in [0.15, 0.2) is 58.4 Å². The van der Waals surface area contributed by atoms with Crippen molar-refractivity contribution >= 4 is 40.4 Å². The highest BCUT2D eigenvalue weighted by molar-refractivity contribution is 6.32. The molecule has 0 radical (unpaired) electrons. The molecule has 1 atom stereocenters. The lowest BCUT2D eigenvalue weighted by Crippen LogP contribution is -2.23. The Labute approximate surface area is 239 Å². The fraction of sp³-hybridized carbons (Fsp3) is 0.241. The minimum absolute atomic E-state index is 0.112. The molecule has 1 heterocycles. The monoisotopic (exact) mass is 578 g/mol. The molecule has 0 bridgehead atoms. The molecule has 0 fully saturated rings. The number of aromatic nitrogens is 2. The van der Waals surface area contributed by atoms with E-state index in [0.29, 0.717) is 22.2 Å². The van der Waals surface area contributed by atoms with Crippen molar-refractivity contribution < 1.29 is 24.3 Å². The van der Waals surface area contributed by atoms with E-state index < -0.39 is 28.2 Å². The number of aryl methyl sites for hydroxylation is 1. The van der Waals surface area contributed by atoms with Crippen molar-refractivity contribution in [3.05, 3.63) is 90.7 Å². The van der Waals surface area contributed by atoms with Gasteiger partial charge < -0.3 is 14.6 Å². The molecule has 0 aliphatic rings. The fourth-order valence-electron chi connectivity index (χ4n) is 4.25. The first-order chi connectivity index (χ1) is 19.4. The maximum atomic E-state index is 13.7. The van der Waals surface area contributed by atoms with Gasteiger partial charge in [0.05, 0.1) is 34.2 Å². The van der Waals surface area contributed by atoms with Crippen molar-refractivity contribution in [3.8, 4) is 22.9 Å². The number of carboxylic acid groups (broad SMARTS) is 1. The quantitative estimate of drug-likeness (QED) is 0.149. The summed E-state index contributed by atoms with van der Waals surface area (Å²) in [7, 11) is 1.60. The third kappa shape index (κ3) is 5.90. The lowest BCUT2D eigenvalue weighted by Gasteiger charge is -2.17. The molecular formula is C29H27ClN4O7. The van der Waals surface area contributed by atoms with Crippen molar-refractivity contribution in [2.45, 2.75) is 39.7 Å². The number of nitrogens with zero attached hydrogens (tertiary/aromatic N) is 4. The lowest BCUT2D eigenvalue weighted by molar-refractivity contribution is -0.386. The number of carbonyl (C=O) groups is 1. The van der Waals surface area contributed by atoms with Crippen molar-refractivity contribution in [3.63, 3.8) is 0 Å². The van der Waals surface area contributed by atoms with Crippen LogP contribution in [0.2, 0.25) is 5.02 Å². The summed E-state index contributed by atoms with van der Waals surface area (Å²) in [6, 6.07) is 13.1. The minimum Gasteiger partial charge on any atom is -0.496 e. The summed E-state index contributed by atoms with van der Waals surface area (Å²) in [5.41, 5.74) is 2.03. The number of nitro groups is 1. The summed E-state index contributed by atoms with van der Waals surface area (Å²) in [5, 5.41) is 25.4. The van der Waals surface area contributed by atoms with Gasteiger partial charge in [0.15, 0.2) is 11.9 Å². The average Bonchev–Trinajstić information content (AvgIpc) is 2.93. The number of hydrogen-bond acceptors (Lipinski definition) is 8. The van der Waals surface area contributed by atoms with Gasteiger partial charge in [0.1, 0.15) is 5.75 Å². The Bertz CT molecular complexity index is 1760. The molecule has 41 heavy (non-hydrogen) atoms. The molecule has 0 aliphatic carbocycles. The van der Waals surface area contributed by atoms with Gasteiger partial charge in [-0.05, 0) is 61.2 Å². The molecule has 1 N–H and O–H groups in total. The SMILES string of the molecule is COc1cc(C)c(-c2nc3ccccc3c(=O)n2N=Cc2cc(Cl)c(O[C@@H](C)C(=O)O)c([N+](=O)[O-])c2)cc1C(C)C. The molecule has 212 valence electrons. The molecule has 0 aliphatic heterocycles. The Hall–Kier alpha value is -4.77. The second-order valence-electron chi connectivity index (χ2n) is 9.58. The van der Waals surface area contributed by atoms with Gasteiger partial charge in [-0.25, -0.2) is 9.78 Å². The maximum absolute atomic E-state index is 13.7. The third-order valence-corrected chi connectivity index (χ3v) is 6.68. The van der Waals surface area contributed by atoms with Crippen molar-refractivity contribution in [2.24, 2.45) is 5.10 Å². The van der Waals surface area contributed by atoms with Gasteiger partial charge in [-0.15, -0.1) is 0 Å². The first kappa shape index (κ1) is 29.2. The van der Waals surface area contributed by atoms with Gasteiger partial charge in [0.2, 0.25) is 5.75 Å². The number of ether oxygens (including phenoxy) is 2. The van der Waals surface area contributed by atoms with Gasteiger partial charge >= 0.3 is 11.7 Å². The zero-order chi connectivity index (χ0) is 30.0. The van der Waals surface area contributed by atoms with Crippen molar-refractivity contribution in [1.29, 1.82) is 0 Å². The van der Waals surface area contributed by atoms with Crippen LogP contribution in [0.25, 0.3) is 22.3 Å². The van der Waals surface area contributed by atoms with Crippen LogP contribution in [-0.4, -0.2) is 45.1 Å². The second kappa shape index (κ2) is 11.8. The van der Waals surface area contributed by atoms with E-state index in [2.05, 4.69) is 5.10 Å². The average molecular weight is 579 g/mol. The van der Waals surface area contributed by atoms with Crippen molar-refractivity contribution in [2.75, 3.05) is 7.11 Å². The number of aliphatic carboxylic acids is 1. The van der Waals surface area contributed by atoms with E-state index in [1.165, 1.54) is 19.2 Å². The van der Waals surface area contributed by atoms with Gasteiger partial charge in [-0.3, -0.25) is 14.9 Å². The third-order valence-electron chi connectivity index (χ3n) is 6.40. The summed E-state index contributed by atoms with van der Waals surface area (Å²) in [5.74, 6) is -0.611. The molecule has 0 saturated carbocycles. The number of para-hydroxylation sites is 1. The first-order valence-corrected chi connectivity index (χ1v) is 12.9. The summed E-state index contributed by atoms with van der Waals surface area (Å²) in [6.07, 6.45) is -0.133. The first-order valence-electron chi connectivity index (χ1n) is 12.5. The molecule has 3 aromatic carbocycles. The number of carboxylic acids is 1. The van der Waals surface area contributed by atoms with Crippen LogP contribution in [-0.2, 0) is 4.79 Å². The zero-order valence-electron chi connectivity index (χ0n) is 22.9. The van der Waals surface area contributed by atoms with E-state index in [1.807, 2.05) is 32.9 Å². The summed E-state index contributed by atoms with van der Waals surface area (Å²) in [4.78, 5) is 40.7. The van der Waals surface area contributed by atoms with E-state index >= 15 is 0 Å². The molecule has 11 nitrogen and oxygen atoms in total. The predicted molar refractivity (Wildman–Crippen MR) is 156 cm³/mol. The van der Waals surface area contributed by atoms with E-state index in [-0.39, 0.29) is 28.1 Å². The standard InChI is InChI=1S/C29H27ClN4O7/c1-15(2)20-13-21(16(3)10-25(20)40-5)27-32-23-9-7-6-8-19(23)28(35)33(27)31-14-18-11-22(30)26(24(12-18)34(38)39)41-17(4)29(36)37/h6-15,17H,1-5H3,(H,36,37)/t17-/m0/s1. The lowest BCUT2D eigenvalue weighted by atomic mass is 9.96. The largest absolute Gasteiger partial charge is 0.496 e. The van der Waals surface area contributed by atoms with Crippen LogP contribution in [0.1, 0.15) is 43.4 Å². The number of halogens is 1. The van der Waals surface area contributed by atoms with Gasteiger partial charge in [0.25, 0.3) is 5.56 Å². The van der Waals surface area contributed by atoms with E-state index in [4.69, 9.17) is 31.2 Å². The molecule has 0 saturated heterocycles. The predicted octanol–water partition coefficient (Wildman–Crippen LogP) is 5.80. The Kier molecular flexibility index (Phi) is 8.39. The second-order valence-corrected chi connectivity index (χ2v) is 9.99. The molecule has 0 amide bonds. The Balaban J connectivity index is 1.92. The van der Waals surface area contributed by atoms with Crippen LogP contribution in [0.3, 0.4) is 0 Å². The van der Waals surface area contributed by atoms with Gasteiger partial charge in [-0.1, -0.05) is 37.6 Å². The van der Waals surface area contributed by atoms with Crippen LogP contribution < -0.4 is 15.0 Å². The molecule has 1 aromatic heterocycles. The number of hydrogen-bond donors (Lipinski definition) is 1. The normalized spacial score (nSPS) is 12.2. The highest BCUT2D eigenvalue weighted by atomic mass is 35.5. The summed E-state index contributed by atoms with van der Waals surface area (Å²) < 4.78 is 11.9. The molecule has 4 rings (SSSR count). The summed E-state index contributed by atoms with van der Waals surface area (Å²) in [6.45, 7) is 7.15. The smallest absolute Gasteiger partial charge is 0.344 e. The number of benzene rings is 3. The Morgan fingerprint density at radius 1 is 1.20 bits per heavy atom. The van der Waals surface area contributed by atoms with Gasteiger partial charge in [0, 0.05) is 17.2 Å². The number of nitro benzene ring substituents is 1. The summed E-state index contributed by atoms with van der Waals surface area (Å²) >= 11 is 6.27. The number of rotatable bonds is 9. The van der Waals surface area contributed by atoms with E-state index in [9.17, 15) is 19.7 Å². The molecular weight excluding hydrogens is 552 g/mol. The van der Waals surface area contributed by atoms with Crippen LogP contribution in [0.5, 0.6) is 11.5 Å². The number of fused-ring (bicyclic) bond motifs is 1. The Morgan fingerprint density at radius 3 is 2.54 bits per heavy atom. The fourth-order valence-corrected chi connectivity index (χ4v) is 4.52. The van der Waals surface area contributed by atoms with Crippen LogP contribution in [0, 0.1) is 17.0 Å². The van der Waals surface area contributed by atoms with E-state index in [1.54, 1.807) is 31.4 Å². The molecule has 4 aromatic rings. The molecule has 0 spiro atoms. The van der Waals surface area contributed by atoms with Crippen LogP contribution >= 0.6 is 11.6 Å². The highest BCUT2D eigenvalue weighted by Crippen LogP contribution is 2.37. The zero-order valence-corrected chi connectivity index (χ0v) is 23.7.